The van der Waals surface area contributed by atoms with E-state index in [1.807, 2.05) is 0 Å². The normalized spacial score (nSPS) is 10.8. The summed E-state index contributed by atoms with van der Waals surface area (Å²) >= 11 is 0. The first-order valence-electron chi connectivity index (χ1n) is 2.79. The van der Waals surface area contributed by atoms with Crippen LogP contribution in [-0.2, 0) is 13.8 Å². The van der Waals surface area contributed by atoms with Crippen LogP contribution in [0.15, 0.2) is 4.99 Å². The van der Waals surface area contributed by atoms with E-state index in [0.29, 0.717) is 0 Å². The molecule has 2 N–H and O–H groups in total. The molecule has 8 heteroatoms. The lowest BCUT2D eigenvalue weighted by atomic mass is 10.8. The maximum Gasteiger partial charge on any atom is 0.469 e. The van der Waals surface area contributed by atoms with Crippen LogP contribution in [0.4, 0.5) is 4.79 Å². The molecular formula is C4H8NO6P. The molecule has 0 aliphatic heterocycles. The molecule has 0 fully saturated rings. The number of ether oxygens (including phenoxy) is 1. The predicted octanol–water partition coefficient (Wildman–Crippen LogP) is -0.0671. The summed E-state index contributed by atoms with van der Waals surface area (Å²) in [6.07, 6.45) is -0.913. The Labute approximate surface area is 68.3 Å². The molecule has 7 nitrogen and oxygen atoms in total. The molecule has 0 aromatic rings. The summed E-state index contributed by atoms with van der Waals surface area (Å²) in [4.78, 5) is 29.4. The van der Waals surface area contributed by atoms with E-state index >= 15 is 0 Å². The zero-order valence-corrected chi connectivity index (χ0v) is 6.94. The number of aliphatic imine (C=N–C) groups is 1. The van der Waals surface area contributed by atoms with Gasteiger partial charge >= 0.3 is 13.9 Å². The van der Waals surface area contributed by atoms with Crippen LogP contribution in [0.3, 0.4) is 0 Å². The number of phosphoric ester groups is 1. The molecule has 0 bridgehead atoms. The lowest BCUT2D eigenvalue weighted by Crippen LogP contribution is -2.06. The molecule has 0 aliphatic carbocycles. The summed E-state index contributed by atoms with van der Waals surface area (Å²) in [5.74, 6) is 0. The summed E-state index contributed by atoms with van der Waals surface area (Å²) in [7, 11) is -4.47. The molecule has 0 saturated heterocycles. The van der Waals surface area contributed by atoms with E-state index in [1.54, 1.807) is 0 Å². The minimum atomic E-state index is -4.47. The number of nitrogens with zero attached hydrogens (tertiary/aromatic N) is 1. The van der Waals surface area contributed by atoms with Crippen molar-refractivity contribution in [3.8, 4) is 0 Å². The quantitative estimate of drug-likeness (QED) is 0.371. The fourth-order valence-corrected chi connectivity index (χ4v) is 0.643. The molecule has 0 unspecified atom stereocenters. The van der Waals surface area contributed by atoms with Crippen molar-refractivity contribution in [2.24, 2.45) is 4.99 Å². The largest absolute Gasteiger partial charge is 0.469 e. The number of amides is 1. The second kappa shape index (κ2) is 5.00. The number of carbonyl (C=O) groups is 1. The third-order valence-electron chi connectivity index (χ3n) is 0.697. The maximum atomic E-state index is 10.2. The van der Waals surface area contributed by atoms with Crippen molar-refractivity contribution in [2.75, 3.05) is 13.2 Å². The lowest BCUT2D eigenvalue weighted by Gasteiger charge is -2.03. The molecule has 12 heavy (non-hydrogen) atoms. The summed E-state index contributed by atoms with van der Waals surface area (Å²) in [5, 5.41) is 0. The van der Waals surface area contributed by atoms with Gasteiger partial charge in [-0.05, 0) is 6.72 Å². The minimum Gasteiger partial charge on any atom is -0.445 e. The van der Waals surface area contributed by atoms with Crippen LogP contribution in [-0.4, -0.2) is 35.8 Å². The fraction of sp³-hybridized carbons (Fsp3) is 0.500. The molecule has 0 atom stereocenters. The van der Waals surface area contributed by atoms with Gasteiger partial charge in [0.1, 0.15) is 6.61 Å². The topological polar surface area (TPSA) is 105 Å². The molecule has 1 amide bonds. The number of rotatable bonds is 4. The minimum absolute atomic E-state index is 0.275. The first-order chi connectivity index (χ1) is 5.45. The van der Waals surface area contributed by atoms with Crippen LogP contribution in [0.25, 0.3) is 0 Å². The monoisotopic (exact) mass is 197 g/mol. The average Bonchev–Trinajstić information content (AvgIpc) is 1.96. The first-order valence-corrected chi connectivity index (χ1v) is 4.32. The third kappa shape index (κ3) is 7.36. The number of hydrogen-bond donors (Lipinski definition) is 2. The van der Waals surface area contributed by atoms with Crippen LogP contribution in [0.2, 0.25) is 0 Å². The van der Waals surface area contributed by atoms with Gasteiger partial charge in [0.05, 0.1) is 6.61 Å². The van der Waals surface area contributed by atoms with E-state index in [0.717, 1.165) is 0 Å². The Morgan fingerprint density at radius 3 is 2.50 bits per heavy atom. The van der Waals surface area contributed by atoms with Gasteiger partial charge in [0.2, 0.25) is 0 Å². The van der Waals surface area contributed by atoms with Gasteiger partial charge in [0.15, 0.2) is 0 Å². The van der Waals surface area contributed by atoms with Crippen molar-refractivity contribution in [3.63, 3.8) is 0 Å². The van der Waals surface area contributed by atoms with Crippen molar-refractivity contribution in [3.05, 3.63) is 0 Å². The molecule has 0 aliphatic rings. The lowest BCUT2D eigenvalue weighted by molar-refractivity contribution is 0.117. The van der Waals surface area contributed by atoms with Crippen molar-refractivity contribution in [1.82, 2.24) is 0 Å². The molecule has 70 valence electrons. The number of carbonyl (C=O) groups excluding carboxylic acids is 1. The zero-order chi connectivity index (χ0) is 9.61. The Morgan fingerprint density at radius 2 is 2.08 bits per heavy atom. The van der Waals surface area contributed by atoms with Crippen LogP contribution < -0.4 is 0 Å². The molecule has 0 aromatic carbocycles. The molecule has 0 saturated carbocycles. The smallest absolute Gasteiger partial charge is 0.445 e. The van der Waals surface area contributed by atoms with Crippen LogP contribution in [0.5, 0.6) is 0 Å². The molecule has 0 heterocycles. The second-order valence-electron chi connectivity index (χ2n) is 1.60. The fourth-order valence-electron chi connectivity index (χ4n) is 0.331. The van der Waals surface area contributed by atoms with E-state index in [1.165, 1.54) is 0 Å². The van der Waals surface area contributed by atoms with Crippen LogP contribution in [0, 0.1) is 0 Å². The van der Waals surface area contributed by atoms with E-state index < -0.39 is 13.9 Å². The highest BCUT2D eigenvalue weighted by atomic mass is 31.2. The summed E-state index contributed by atoms with van der Waals surface area (Å²) in [6.45, 7) is 2.21. The van der Waals surface area contributed by atoms with Gasteiger partial charge in [0.25, 0.3) is 0 Å². The van der Waals surface area contributed by atoms with Crippen molar-refractivity contribution < 1.29 is 28.4 Å². The molecule has 0 radical (unpaired) electrons. The zero-order valence-electron chi connectivity index (χ0n) is 6.04. The second-order valence-corrected chi connectivity index (χ2v) is 2.84. The highest BCUT2D eigenvalue weighted by Gasteiger charge is 2.13. The van der Waals surface area contributed by atoms with Crippen molar-refractivity contribution in [2.45, 2.75) is 0 Å². The maximum absolute atomic E-state index is 10.2. The SMILES string of the molecule is C=NC(=O)OCCOP(=O)(O)O. The first kappa shape index (κ1) is 11.2. The number of phosphoric acid groups is 1. The molecule has 0 aromatic heterocycles. The van der Waals surface area contributed by atoms with E-state index in [2.05, 4.69) is 21.0 Å². The summed E-state index contributed by atoms with van der Waals surface area (Å²) in [6, 6.07) is 0. The van der Waals surface area contributed by atoms with Crippen LogP contribution >= 0.6 is 7.82 Å². The highest BCUT2D eigenvalue weighted by molar-refractivity contribution is 7.46. The van der Waals surface area contributed by atoms with E-state index in [9.17, 15) is 9.36 Å². The Kier molecular flexibility index (Phi) is 4.68. The standard InChI is InChI=1S/C4H8NO6P/c1-5-4(6)10-2-3-11-12(7,8)9/h1-3H2,(H2,7,8,9). The number of hydrogen-bond acceptors (Lipinski definition) is 4. The van der Waals surface area contributed by atoms with Gasteiger partial charge < -0.3 is 14.5 Å². The van der Waals surface area contributed by atoms with Crippen molar-refractivity contribution in [1.29, 1.82) is 0 Å². The van der Waals surface area contributed by atoms with E-state index in [4.69, 9.17) is 9.79 Å². The Balaban J connectivity index is 3.40. The third-order valence-corrected chi connectivity index (χ3v) is 1.22. The van der Waals surface area contributed by atoms with Gasteiger partial charge in [-0.3, -0.25) is 4.52 Å². The van der Waals surface area contributed by atoms with Crippen LogP contribution in [0.1, 0.15) is 0 Å². The summed E-state index contributed by atoms with van der Waals surface area (Å²) in [5.41, 5.74) is 0. The highest BCUT2D eigenvalue weighted by Crippen LogP contribution is 2.35. The molecule has 0 rings (SSSR count). The van der Waals surface area contributed by atoms with Gasteiger partial charge in [-0.25, -0.2) is 9.36 Å². The van der Waals surface area contributed by atoms with Gasteiger partial charge in [-0.2, -0.15) is 4.99 Å². The predicted molar refractivity (Wildman–Crippen MR) is 38.9 cm³/mol. The molecular weight excluding hydrogens is 189 g/mol. The van der Waals surface area contributed by atoms with Gasteiger partial charge in [0, 0.05) is 0 Å². The van der Waals surface area contributed by atoms with E-state index in [-0.39, 0.29) is 13.2 Å². The van der Waals surface area contributed by atoms with Crippen molar-refractivity contribution >= 4 is 20.6 Å². The average molecular weight is 197 g/mol. The van der Waals surface area contributed by atoms with Gasteiger partial charge in [-0.15, -0.1) is 0 Å². The molecule has 0 spiro atoms. The Morgan fingerprint density at radius 1 is 1.50 bits per heavy atom. The van der Waals surface area contributed by atoms with Gasteiger partial charge in [-0.1, -0.05) is 0 Å². The Bertz CT molecular complexity index is 210. The Hall–Kier alpha value is -0.750. The summed E-state index contributed by atoms with van der Waals surface area (Å²) < 4.78 is 18.2.